The fraction of sp³-hybridized carbons (Fsp3) is 0.200. The third kappa shape index (κ3) is 4.96. The van der Waals surface area contributed by atoms with E-state index in [1.807, 2.05) is 41.3 Å². The standard InChI is InChI=1S/C20H21N7O2/c28-17-9-5-4-6-15(17)14-21-26-19-23-18(22-16-7-2-1-3-8-16)24-20(25-19)27-10-12-29-13-11-27/h1-9,14,28H,10-13H2,(H2,22,23,24,25,26)/b21-14+. The van der Waals surface area contributed by atoms with Gasteiger partial charge in [0.05, 0.1) is 19.4 Å². The van der Waals surface area contributed by atoms with Crippen LogP contribution in [0.1, 0.15) is 5.56 Å². The highest BCUT2D eigenvalue weighted by atomic mass is 16.5. The number of para-hydroxylation sites is 2. The summed E-state index contributed by atoms with van der Waals surface area (Å²) in [6.45, 7) is 2.66. The molecule has 0 atom stereocenters. The van der Waals surface area contributed by atoms with E-state index in [1.165, 1.54) is 6.21 Å². The number of anilines is 4. The van der Waals surface area contributed by atoms with Crippen LogP contribution in [-0.2, 0) is 4.74 Å². The van der Waals surface area contributed by atoms with Gasteiger partial charge < -0.3 is 20.1 Å². The highest BCUT2D eigenvalue weighted by Gasteiger charge is 2.16. The van der Waals surface area contributed by atoms with E-state index in [9.17, 15) is 5.11 Å². The molecule has 0 unspecified atom stereocenters. The molecule has 1 aromatic heterocycles. The quantitative estimate of drug-likeness (QED) is 0.435. The minimum absolute atomic E-state index is 0.147. The molecule has 4 rings (SSSR count). The number of hydrazone groups is 1. The fourth-order valence-electron chi connectivity index (χ4n) is 2.78. The van der Waals surface area contributed by atoms with Gasteiger partial charge in [-0.25, -0.2) is 5.43 Å². The third-order valence-electron chi connectivity index (χ3n) is 4.25. The van der Waals surface area contributed by atoms with E-state index in [2.05, 4.69) is 30.8 Å². The number of aromatic hydroxyl groups is 1. The summed E-state index contributed by atoms with van der Waals surface area (Å²) < 4.78 is 5.41. The van der Waals surface area contributed by atoms with Crippen LogP contribution in [0, 0.1) is 0 Å². The lowest BCUT2D eigenvalue weighted by molar-refractivity contribution is 0.122. The molecule has 3 N–H and O–H groups in total. The van der Waals surface area contributed by atoms with Gasteiger partial charge in [-0.2, -0.15) is 20.1 Å². The van der Waals surface area contributed by atoms with E-state index in [0.717, 1.165) is 5.69 Å². The predicted molar refractivity (Wildman–Crippen MR) is 112 cm³/mol. The zero-order valence-electron chi connectivity index (χ0n) is 15.7. The average molecular weight is 391 g/mol. The number of ether oxygens (including phenoxy) is 1. The molecule has 2 aromatic carbocycles. The normalized spacial score (nSPS) is 14.1. The minimum Gasteiger partial charge on any atom is -0.507 e. The van der Waals surface area contributed by atoms with Crippen LogP contribution in [0.25, 0.3) is 0 Å². The van der Waals surface area contributed by atoms with Crippen molar-refractivity contribution >= 4 is 29.7 Å². The lowest BCUT2D eigenvalue weighted by atomic mass is 10.2. The van der Waals surface area contributed by atoms with Crippen molar-refractivity contribution in [1.29, 1.82) is 0 Å². The Labute approximate surface area is 168 Å². The first-order valence-corrected chi connectivity index (χ1v) is 9.26. The first-order chi connectivity index (χ1) is 14.3. The van der Waals surface area contributed by atoms with Gasteiger partial charge in [-0.3, -0.25) is 0 Å². The highest BCUT2D eigenvalue weighted by molar-refractivity contribution is 5.83. The van der Waals surface area contributed by atoms with Crippen LogP contribution in [0.4, 0.5) is 23.5 Å². The number of phenolic OH excluding ortho intramolecular Hbond substituents is 1. The van der Waals surface area contributed by atoms with Crippen LogP contribution < -0.4 is 15.6 Å². The second-order valence-corrected chi connectivity index (χ2v) is 6.30. The molecule has 1 aliphatic heterocycles. The molecule has 29 heavy (non-hydrogen) atoms. The molecule has 0 amide bonds. The number of morpholine rings is 1. The van der Waals surface area contributed by atoms with Crippen molar-refractivity contribution < 1.29 is 9.84 Å². The molecule has 0 aliphatic carbocycles. The molecule has 0 spiro atoms. The summed E-state index contributed by atoms with van der Waals surface area (Å²) in [5.74, 6) is 1.40. The second-order valence-electron chi connectivity index (χ2n) is 6.30. The fourth-order valence-corrected chi connectivity index (χ4v) is 2.78. The molecule has 1 aliphatic rings. The maximum Gasteiger partial charge on any atom is 0.250 e. The van der Waals surface area contributed by atoms with Gasteiger partial charge in [0, 0.05) is 24.3 Å². The van der Waals surface area contributed by atoms with Gasteiger partial charge in [-0.15, -0.1) is 0 Å². The second kappa shape index (κ2) is 8.98. The van der Waals surface area contributed by atoms with Crippen LogP contribution >= 0.6 is 0 Å². The largest absolute Gasteiger partial charge is 0.507 e. The number of nitrogens with one attached hydrogen (secondary N) is 2. The number of nitrogens with zero attached hydrogens (tertiary/aromatic N) is 5. The Balaban J connectivity index is 1.57. The zero-order valence-corrected chi connectivity index (χ0v) is 15.7. The predicted octanol–water partition coefficient (Wildman–Crippen LogP) is 2.60. The number of rotatable bonds is 6. The molecule has 148 valence electrons. The Morgan fingerprint density at radius 1 is 0.931 bits per heavy atom. The summed E-state index contributed by atoms with van der Waals surface area (Å²) in [7, 11) is 0. The Kier molecular flexibility index (Phi) is 5.77. The van der Waals surface area contributed by atoms with E-state index < -0.39 is 0 Å². The van der Waals surface area contributed by atoms with Crippen LogP contribution in [0.5, 0.6) is 5.75 Å². The third-order valence-corrected chi connectivity index (χ3v) is 4.25. The smallest absolute Gasteiger partial charge is 0.250 e. The molecule has 0 saturated carbocycles. The van der Waals surface area contributed by atoms with Crippen LogP contribution in [0.3, 0.4) is 0 Å². The summed E-state index contributed by atoms with van der Waals surface area (Å²) in [6.07, 6.45) is 1.51. The number of phenols is 1. The molecule has 1 saturated heterocycles. The summed E-state index contributed by atoms with van der Waals surface area (Å²) in [5, 5.41) is 17.2. The first-order valence-electron chi connectivity index (χ1n) is 9.26. The van der Waals surface area contributed by atoms with E-state index in [1.54, 1.807) is 18.2 Å². The first kappa shape index (κ1) is 18.6. The Morgan fingerprint density at radius 2 is 1.66 bits per heavy atom. The van der Waals surface area contributed by atoms with Crippen LogP contribution in [-0.4, -0.2) is 52.6 Å². The molecule has 0 radical (unpaired) electrons. The minimum atomic E-state index is 0.147. The Bertz CT molecular complexity index is 976. The number of aromatic nitrogens is 3. The number of hydrogen-bond donors (Lipinski definition) is 3. The molecule has 0 bridgehead atoms. The van der Waals surface area contributed by atoms with Gasteiger partial charge in [0.15, 0.2) is 0 Å². The van der Waals surface area contributed by atoms with E-state index in [4.69, 9.17) is 4.74 Å². The van der Waals surface area contributed by atoms with Gasteiger partial charge in [0.1, 0.15) is 5.75 Å². The van der Waals surface area contributed by atoms with Crippen LogP contribution in [0.2, 0.25) is 0 Å². The van der Waals surface area contributed by atoms with Gasteiger partial charge in [0.2, 0.25) is 17.8 Å². The topological polar surface area (TPSA) is 108 Å². The summed E-state index contributed by atoms with van der Waals surface area (Å²) in [4.78, 5) is 15.5. The SMILES string of the molecule is Oc1ccccc1/C=N/Nc1nc(Nc2ccccc2)nc(N2CCOCC2)n1. The summed E-state index contributed by atoms with van der Waals surface area (Å²) in [5.41, 5.74) is 4.28. The van der Waals surface area contributed by atoms with Gasteiger partial charge >= 0.3 is 0 Å². The molecular formula is C20H21N7O2. The maximum atomic E-state index is 9.84. The molecule has 1 fully saturated rings. The molecule has 9 heteroatoms. The van der Waals surface area contributed by atoms with Crippen molar-refractivity contribution in [3.8, 4) is 5.75 Å². The Hall–Kier alpha value is -3.72. The molecule has 3 aromatic rings. The van der Waals surface area contributed by atoms with E-state index >= 15 is 0 Å². The lowest BCUT2D eigenvalue weighted by Crippen LogP contribution is -2.37. The Morgan fingerprint density at radius 3 is 2.45 bits per heavy atom. The highest BCUT2D eigenvalue weighted by Crippen LogP contribution is 2.19. The van der Waals surface area contributed by atoms with Crippen LogP contribution in [0.15, 0.2) is 59.7 Å². The summed E-state index contributed by atoms with van der Waals surface area (Å²) in [6, 6.07) is 16.6. The zero-order chi connectivity index (χ0) is 19.9. The number of benzene rings is 2. The van der Waals surface area contributed by atoms with Crippen molar-refractivity contribution in [3.05, 3.63) is 60.2 Å². The number of hydrogen-bond acceptors (Lipinski definition) is 9. The van der Waals surface area contributed by atoms with E-state index in [0.29, 0.717) is 49.7 Å². The van der Waals surface area contributed by atoms with Gasteiger partial charge in [-0.05, 0) is 24.3 Å². The van der Waals surface area contributed by atoms with E-state index in [-0.39, 0.29) is 5.75 Å². The molecule has 9 nitrogen and oxygen atoms in total. The maximum absolute atomic E-state index is 9.84. The van der Waals surface area contributed by atoms with Crippen molar-refractivity contribution in [3.63, 3.8) is 0 Å². The van der Waals surface area contributed by atoms with Gasteiger partial charge in [0.25, 0.3) is 0 Å². The molecule has 2 heterocycles. The van der Waals surface area contributed by atoms with Crippen molar-refractivity contribution in [2.45, 2.75) is 0 Å². The van der Waals surface area contributed by atoms with Crippen molar-refractivity contribution in [2.75, 3.05) is 41.9 Å². The van der Waals surface area contributed by atoms with Crippen molar-refractivity contribution in [2.24, 2.45) is 5.10 Å². The van der Waals surface area contributed by atoms with Gasteiger partial charge in [-0.1, -0.05) is 30.3 Å². The van der Waals surface area contributed by atoms with Crippen molar-refractivity contribution in [1.82, 2.24) is 15.0 Å². The lowest BCUT2D eigenvalue weighted by Gasteiger charge is -2.27. The molecular weight excluding hydrogens is 370 g/mol. The average Bonchev–Trinajstić information content (AvgIpc) is 2.76. The monoisotopic (exact) mass is 391 g/mol. The summed E-state index contributed by atoms with van der Waals surface area (Å²) >= 11 is 0.